The number of piperidine rings is 2. The van der Waals surface area contributed by atoms with Crippen LogP contribution >= 0.6 is 0 Å². The summed E-state index contributed by atoms with van der Waals surface area (Å²) in [5.41, 5.74) is -1.18. The molecule has 0 saturated carbocycles. The summed E-state index contributed by atoms with van der Waals surface area (Å²) in [4.78, 5) is 38.1. The zero-order chi connectivity index (χ0) is 35.0. The molecule has 0 spiro atoms. The average molecular weight is 665 g/mol. The molecule has 0 aliphatic carbocycles. The average Bonchev–Trinajstić information content (AvgIpc) is 2.98. The number of benzene rings is 2. The van der Waals surface area contributed by atoms with E-state index in [0.29, 0.717) is 12.8 Å². The zero-order valence-electron chi connectivity index (χ0n) is 30.8. The Bertz CT molecular complexity index is 1170. The molecular weight excluding hydrogens is 604 g/mol. The quantitative estimate of drug-likeness (QED) is 0.138. The molecule has 0 N–H and O–H groups in total. The van der Waals surface area contributed by atoms with Gasteiger partial charge in [0.1, 0.15) is 23.7 Å². The van der Waals surface area contributed by atoms with Gasteiger partial charge in [0.05, 0.1) is 22.2 Å². The Morgan fingerprint density at radius 3 is 1.12 bits per heavy atom. The summed E-state index contributed by atoms with van der Waals surface area (Å²) in [6, 6.07) is 19.7. The van der Waals surface area contributed by atoms with Gasteiger partial charge in [-0.3, -0.25) is 9.59 Å². The van der Waals surface area contributed by atoms with Gasteiger partial charge in [-0.2, -0.15) is 0 Å². The normalized spacial score (nSPS) is 20.9. The Balaban J connectivity index is 1.08. The van der Waals surface area contributed by atoms with Gasteiger partial charge in [0.2, 0.25) is 0 Å². The molecule has 48 heavy (non-hydrogen) atoms. The highest BCUT2D eigenvalue weighted by Crippen LogP contribution is 2.41. The van der Waals surface area contributed by atoms with Crippen LogP contribution in [0.3, 0.4) is 0 Å². The molecule has 2 aromatic carbocycles. The van der Waals surface area contributed by atoms with Crippen LogP contribution in [0.2, 0.25) is 0 Å². The molecule has 2 aliphatic heterocycles. The van der Waals surface area contributed by atoms with Crippen LogP contribution in [0.5, 0.6) is 11.5 Å². The molecular formula is C40H60N2O6. The molecule has 2 aromatic rings. The van der Waals surface area contributed by atoms with Gasteiger partial charge in [-0.15, -0.1) is 10.1 Å². The first-order chi connectivity index (χ1) is 22.6. The van der Waals surface area contributed by atoms with E-state index >= 15 is 0 Å². The minimum absolute atomic E-state index is 0.115. The van der Waals surface area contributed by atoms with Crippen molar-refractivity contribution in [2.24, 2.45) is 0 Å². The van der Waals surface area contributed by atoms with Crippen molar-refractivity contribution in [2.45, 2.75) is 167 Å². The maximum Gasteiger partial charge on any atom is 0.306 e. The fourth-order valence-corrected chi connectivity index (χ4v) is 7.91. The van der Waals surface area contributed by atoms with Crippen LogP contribution in [0.15, 0.2) is 60.7 Å². The maximum absolute atomic E-state index is 12.7. The monoisotopic (exact) mass is 664 g/mol. The van der Waals surface area contributed by atoms with Gasteiger partial charge < -0.3 is 19.1 Å². The van der Waals surface area contributed by atoms with Crippen LogP contribution in [0, 0.1) is 0 Å². The Labute approximate surface area is 289 Å². The summed E-state index contributed by atoms with van der Waals surface area (Å²) in [6.07, 6.45) is 9.17. The fraction of sp³-hybridized carbons (Fsp3) is 0.650. The molecule has 4 rings (SSSR count). The Morgan fingerprint density at radius 1 is 0.521 bits per heavy atom. The van der Waals surface area contributed by atoms with Crippen LogP contribution in [-0.4, -0.2) is 56.4 Å². The highest BCUT2D eigenvalue weighted by atomic mass is 16.7. The third-order valence-corrected chi connectivity index (χ3v) is 9.60. The zero-order valence-corrected chi connectivity index (χ0v) is 30.8. The first-order valence-electron chi connectivity index (χ1n) is 18.0. The molecule has 2 saturated heterocycles. The third-order valence-electron chi connectivity index (χ3n) is 9.60. The van der Waals surface area contributed by atoms with E-state index in [1.54, 1.807) is 0 Å². The van der Waals surface area contributed by atoms with Gasteiger partial charge in [0.25, 0.3) is 0 Å². The van der Waals surface area contributed by atoms with Crippen LogP contribution in [-0.2, 0) is 19.1 Å². The number of para-hydroxylation sites is 2. The molecule has 0 atom stereocenters. The Kier molecular flexibility index (Phi) is 12.6. The van der Waals surface area contributed by atoms with Crippen LogP contribution < -0.4 is 9.68 Å². The highest BCUT2D eigenvalue weighted by molar-refractivity contribution is 5.70. The van der Waals surface area contributed by atoms with Crippen LogP contribution in [0.25, 0.3) is 0 Å². The number of unbranched alkanes of at least 4 members (excludes halogenated alkanes) is 5. The SMILES string of the molecule is CC1(C)CC(OC(=O)CCCCCCCCC(=O)OC2CC(C)(C)N(Oc3ccccc3)C(C)(C)C2)CC(C)(C)N1Oc1ccccc1. The van der Waals surface area contributed by atoms with Crippen LogP contribution in [0.4, 0.5) is 0 Å². The van der Waals surface area contributed by atoms with Gasteiger partial charge in [0.15, 0.2) is 0 Å². The predicted molar refractivity (Wildman–Crippen MR) is 189 cm³/mol. The molecule has 0 amide bonds. The fourth-order valence-electron chi connectivity index (χ4n) is 7.91. The van der Waals surface area contributed by atoms with Crippen molar-refractivity contribution >= 4 is 11.9 Å². The second-order valence-corrected chi connectivity index (χ2v) is 16.3. The number of carbonyl (C=O) groups is 2. The van der Waals surface area contributed by atoms with Gasteiger partial charge in [-0.1, -0.05) is 62.1 Å². The molecule has 266 valence electrons. The summed E-state index contributed by atoms with van der Waals surface area (Å²) in [7, 11) is 0. The first kappa shape index (κ1) is 37.7. The first-order valence-corrected chi connectivity index (χ1v) is 18.0. The number of rotatable bonds is 15. The van der Waals surface area contributed by atoms with Crippen LogP contribution in [0.1, 0.15) is 132 Å². The third kappa shape index (κ3) is 10.7. The minimum Gasteiger partial charge on any atom is -0.462 e. The molecule has 8 nitrogen and oxygen atoms in total. The lowest BCUT2D eigenvalue weighted by atomic mass is 9.80. The van der Waals surface area contributed by atoms with Gasteiger partial charge in [0, 0.05) is 38.5 Å². The molecule has 0 radical (unpaired) electrons. The smallest absolute Gasteiger partial charge is 0.306 e. The van der Waals surface area contributed by atoms with Crippen molar-refractivity contribution in [3.05, 3.63) is 60.7 Å². The van der Waals surface area contributed by atoms with Crippen molar-refractivity contribution in [1.82, 2.24) is 10.1 Å². The van der Waals surface area contributed by atoms with E-state index in [-0.39, 0.29) is 46.3 Å². The molecule has 0 aromatic heterocycles. The number of hydroxylamine groups is 4. The number of ether oxygens (including phenoxy) is 2. The van der Waals surface area contributed by atoms with Crippen molar-refractivity contribution in [3.8, 4) is 11.5 Å². The number of nitrogens with zero attached hydrogens (tertiary/aromatic N) is 2. The molecule has 0 unspecified atom stereocenters. The van der Waals surface area contributed by atoms with E-state index in [9.17, 15) is 9.59 Å². The van der Waals surface area contributed by atoms with Crippen molar-refractivity contribution in [3.63, 3.8) is 0 Å². The number of carbonyl (C=O) groups excluding carboxylic acids is 2. The second kappa shape index (κ2) is 16.1. The minimum atomic E-state index is -0.294. The predicted octanol–water partition coefficient (Wildman–Crippen LogP) is 9.22. The second-order valence-electron chi connectivity index (χ2n) is 16.3. The van der Waals surface area contributed by atoms with Gasteiger partial charge >= 0.3 is 11.9 Å². The summed E-state index contributed by atoms with van der Waals surface area (Å²) in [5, 5.41) is 4.12. The molecule has 2 aliphatic rings. The lowest BCUT2D eigenvalue weighted by molar-refractivity contribution is -0.238. The summed E-state index contributed by atoms with van der Waals surface area (Å²) in [6.45, 7) is 17.1. The van der Waals surface area contributed by atoms with Crippen molar-refractivity contribution in [2.75, 3.05) is 0 Å². The Morgan fingerprint density at radius 2 is 0.812 bits per heavy atom. The molecule has 8 heteroatoms. The van der Waals surface area contributed by atoms with E-state index in [2.05, 4.69) is 65.5 Å². The molecule has 2 fully saturated rings. The van der Waals surface area contributed by atoms with Gasteiger partial charge in [-0.25, -0.2) is 0 Å². The molecule has 2 heterocycles. The lowest BCUT2D eigenvalue weighted by Gasteiger charge is -2.52. The van der Waals surface area contributed by atoms with Gasteiger partial charge in [-0.05, 0) is 92.5 Å². The maximum atomic E-state index is 12.7. The standard InChI is InChI=1S/C40H60N2O6/c1-37(2)27-33(28-38(3,4)41(37)47-31-21-15-13-16-22-31)45-35(43)25-19-11-9-10-12-20-26-36(44)46-34-29-39(5,6)42(40(7,8)30-34)48-32-23-17-14-18-24-32/h13-18,21-24,33-34H,9-12,19-20,25-30H2,1-8H3. The van der Waals surface area contributed by atoms with E-state index < -0.39 is 0 Å². The summed E-state index contributed by atoms with van der Waals surface area (Å²) in [5.74, 6) is 1.39. The van der Waals surface area contributed by atoms with Crippen molar-refractivity contribution < 1.29 is 28.7 Å². The largest absolute Gasteiger partial charge is 0.462 e. The number of hydrogen-bond donors (Lipinski definition) is 0. The number of esters is 2. The van der Waals surface area contributed by atoms with E-state index in [4.69, 9.17) is 19.1 Å². The topological polar surface area (TPSA) is 77.5 Å². The van der Waals surface area contributed by atoms with E-state index in [0.717, 1.165) is 75.7 Å². The highest BCUT2D eigenvalue weighted by Gasteiger charge is 2.50. The number of hydrogen-bond acceptors (Lipinski definition) is 8. The van der Waals surface area contributed by atoms with Crippen molar-refractivity contribution in [1.29, 1.82) is 0 Å². The summed E-state index contributed by atoms with van der Waals surface area (Å²) >= 11 is 0. The van der Waals surface area contributed by atoms with E-state index in [1.807, 2.05) is 60.7 Å². The van der Waals surface area contributed by atoms with E-state index in [1.165, 1.54) is 0 Å². The Hall–Kier alpha value is -3.10. The molecule has 0 bridgehead atoms. The lowest BCUT2D eigenvalue weighted by Crippen LogP contribution is -2.63. The summed E-state index contributed by atoms with van der Waals surface area (Å²) < 4.78 is 11.9.